The molecule has 19 heavy (non-hydrogen) atoms. The van der Waals surface area contributed by atoms with Crippen molar-refractivity contribution in [1.82, 2.24) is 0 Å². The summed E-state index contributed by atoms with van der Waals surface area (Å²) in [6, 6.07) is 5.54. The SMILES string of the molecule is CCC1CCC(Nc2ccc([N+](=O)[O-])cc2C)C1C. The Bertz CT molecular complexity index is 473. The highest BCUT2D eigenvalue weighted by atomic mass is 16.6. The zero-order chi connectivity index (χ0) is 14.0. The number of nitro groups is 1. The van der Waals surface area contributed by atoms with Crippen molar-refractivity contribution in [2.75, 3.05) is 5.32 Å². The molecule has 1 saturated carbocycles. The molecular formula is C15H22N2O2. The summed E-state index contributed by atoms with van der Waals surface area (Å²) in [6.07, 6.45) is 3.70. The Labute approximate surface area is 114 Å². The van der Waals surface area contributed by atoms with Crippen LogP contribution in [-0.4, -0.2) is 11.0 Å². The highest BCUT2D eigenvalue weighted by molar-refractivity contribution is 5.56. The average molecular weight is 262 g/mol. The fraction of sp³-hybridized carbons (Fsp3) is 0.600. The van der Waals surface area contributed by atoms with Crippen LogP contribution in [0.1, 0.15) is 38.7 Å². The number of aryl methyl sites for hydroxylation is 1. The van der Waals surface area contributed by atoms with Gasteiger partial charge in [0.25, 0.3) is 5.69 Å². The van der Waals surface area contributed by atoms with Crippen LogP contribution in [0.3, 0.4) is 0 Å². The average Bonchev–Trinajstić information content (AvgIpc) is 2.72. The zero-order valence-corrected chi connectivity index (χ0v) is 11.8. The van der Waals surface area contributed by atoms with Gasteiger partial charge < -0.3 is 5.32 Å². The van der Waals surface area contributed by atoms with Gasteiger partial charge in [-0.25, -0.2) is 0 Å². The molecule has 1 aliphatic rings. The fourth-order valence-electron chi connectivity index (χ4n) is 3.15. The van der Waals surface area contributed by atoms with Gasteiger partial charge in [0, 0.05) is 23.9 Å². The number of benzene rings is 1. The minimum atomic E-state index is -0.345. The van der Waals surface area contributed by atoms with E-state index >= 15 is 0 Å². The Kier molecular flexibility index (Phi) is 4.08. The van der Waals surface area contributed by atoms with E-state index in [0.29, 0.717) is 12.0 Å². The van der Waals surface area contributed by atoms with Crippen LogP contribution in [0.15, 0.2) is 18.2 Å². The summed E-state index contributed by atoms with van der Waals surface area (Å²) in [5.74, 6) is 1.47. The lowest BCUT2D eigenvalue weighted by Crippen LogP contribution is -2.25. The number of anilines is 1. The lowest BCUT2D eigenvalue weighted by Gasteiger charge is -2.23. The number of nitro benzene ring substituents is 1. The molecule has 1 aromatic rings. The van der Waals surface area contributed by atoms with Gasteiger partial charge >= 0.3 is 0 Å². The first-order valence-corrected chi connectivity index (χ1v) is 7.04. The van der Waals surface area contributed by atoms with E-state index in [0.717, 1.165) is 17.2 Å². The summed E-state index contributed by atoms with van der Waals surface area (Å²) in [4.78, 5) is 10.4. The molecule has 0 aliphatic heterocycles. The smallest absolute Gasteiger partial charge is 0.269 e. The van der Waals surface area contributed by atoms with Crippen LogP contribution in [0, 0.1) is 28.9 Å². The summed E-state index contributed by atoms with van der Waals surface area (Å²) in [5.41, 5.74) is 2.13. The van der Waals surface area contributed by atoms with Crippen LogP contribution in [0.5, 0.6) is 0 Å². The van der Waals surface area contributed by atoms with Gasteiger partial charge in [-0.2, -0.15) is 0 Å². The minimum Gasteiger partial charge on any atom is -0.382 e. The lowest BCUT2D eigenvalue weighted by molar-refractivity contribution is -0.384. The van der Waals surface area contributed by atoms with E-state index in [1.54, 1.807) is 12.1 Å². The molecule has 0 aromatic heterocycles. The van der Waals surface area contributed by atoms with Gasteiger partial charge in [-0.05, 0) is 43.2 Å². The van der Waals surface area contributed by atoms with Crippen molar-refractivity contribution in [3.8, 4) is 0 Å². The molecule has 1 N–H and O–H groups in total. The maximum atomic E-state index is 10.7. The van der Waals surface area contributed by atoms with Gasteiger partial charge in [0.15, 0.2) is 0 Å². The number of rotatable bonds is 4. The van der Waals surface area contributed by atoms with Crippen molar-refractivity contribution in [2.45, 2.75) is 46.1 Å². The molecule has 3 atom stereocenters. The Morgan fingerprint density at radius 1 is 1.42 bits per heavy atom. The maximum absolute atomic E-state index is 10.7. The first-order valence-electron chi connectivity index (χ1n) is 7.04. The number of hydrogen-bond acceptors (Lipinski definition) is 3. The third-order valence-corrected chi connectivity index (χ3v) is 4.51. The van der Waals surface area contributed by atoms with E-state index in [-0.39, 0.29) is 10.6 Å². The second-order valence-electron chi connectivity index (χ2n) is 5.61. The lowest BCUT2D eigenvalue weighted by atomic mass is 9.93. The third kappa shape index (κ3) is 2.88. The number of hydrogen-bond donors (Lipinski definition) is 1. The van der Waals surface area contributed by atoms with Gasteiger partial charge in [0.05, 0.1) is 4.92 Å². The van der Waals surface area contributed by atoms with Gasteiger partial charge in [0.1, 0.15) is 0 Å². The van der Waals surface area contributed by atoms with Gasteiger partial charge in [-0.15, -0.1) is 0 Å². The topological polar surface area (TPSA) is 55.2 Å². The first-order chi connectivity index (χ1) is 9.02. The Morgan fingerprint density at radius 3 is 2.68 bits per heavy atom. The normalized spacial score (nSPS) is 26.4. The largest absolute Gasteiger partial charge is 0.382 e. The molecule has 0 bridgehead atoms. The predicted molar refractivity (Wildman–Crippen MR) is 77.4 cm³/mol. The molecule has 1 fully saturated rings. The van der Waals surface area contributed by atoms with E-state index in [2.05, 4.69) is 19.2 Å². The second kappa shape index (κ2) is 5.59. The minimum absolute atomic E-state index is 0.161. The summed E-state index contributed by atoms with van der Waals surface area (Å²) in [6.45, 7) is 6.48. The number of nitrogens with one attached hydrogen (secondary N) is 1. The molecule has 0 heterocycles. The maximum Gasteiger partial charge on any atom is 0.269 e. The van der Waals surface area contributed by atoms with E-state index in [4.69, 9.17) is 0 Å². The van der Waals surface area contributed by atoms with Crippen molar-refractivity contribution in [2.24, 2.45) is 11.8 Å². The van der Waals surface area contributed by atoms with E-state index in [9.17, 15) is 10.1 Å². The molecule has 4 heteroatoms. The van der Waals surface area contributed by atoms with Crippen LogP contribution < -0.4 is 5.32 Å². The fourth-order valence-corrected chi connectivity index (χ4v) is 3.15. The van der Waals surface area contributed by atoms with Gasteiger partial charge in [-0.1, -0.05) is 20.3 Å². The highest BCUT2D eigenvalue weighted by Crippen LogP contribution is 2.36. The predicted octanol–water partition coefficient (Wildman–Crippen LogP) is 4.14. The van der Waals surface area contributed by atoms with Crippen molar-refractivity contribution in [3.05, 3.63) is 33.9 Å². The second-order valence-corrected chi connectivity index (χ2v) is 5.61. The molecule has 4 nitrogen and oxygen atoms in total. The van der Waals surface area contributed by atoms with Gasteiger partial charge in [-0.3, -0.25) is 10.1 Å². The van der Waals surface area contributed by atoms with E-state index in [1.165, 1.54) is 19.3 Å². The molecule has 0 saturated heterocycles. The molecule has 3 unspecified atom stereocenters. The Morgan fingerprint density at radius 2 is 2.16 bits per heavy atom. The van der Waals surface area contributed by atoms with Crippen molar-refractivity contribution in [3.63, 3.8) is 0 Å². The van der Waals surface area contributed by atoms with Gasteiger partial charge in [0.2, 0.25) is 0 Å². The summed E-state index contributed by atoms with van der Waals surface area (Å²) >= 11 is 0. The zero-order valence-electron chi connectivity index (χ0n) is 11.8. The van der Waals surface area contributed by atoms with E-state index in [1.807, 2.05) is 13.0 Å². The van der Waals surface area contributed by atoms with Crippen molar-refractivity contribution >= 4 is 11.4 Å². The van der Waals surface area contributed by atoms with Crippen LogP contribution in [-0.2, 0) is 0 Å². The number of non-ortho nitro benzene ring substituents is 1. The van der Waals surface area contributed by atoms with Crippen LogP contribution in [0.2, 0.25) is 0 Å². The van der Waals surface area contributed by atoms with Crippen LogP contribution in [0.25, 0.3) is 0 Å². The van der Waals surface area contributed by atoms with Crippen LogP contribution >= 0.6 is 0 Å². The first kappa shape index (κ1) is 13.8. The third-order valence-electron chi connectivity index (χ3n) is 4.51. The number of nitrogens with zero attached hydrogens (tertiary/aromatic N) is 1. The Balaban J connectivity index is 2.10. The molecule has 0 spiro atoms. The summed E-state index contributed by atoms with van der Waals surface area (Å²) in [7, 11) is 0. The molecule has 0 radical (unpaired) electrons. The molecule has 1 aliphatic carbocycles. The van der Waals surface area contributed by atoms with Crippen molar-refractivity contribution < 1.29 is 4.92 Å². The molecule has 1 aromatic carbocycles. The van der Waals surface area contributed by atoms with E-state index < -0.39 is 0 Å². The summed E-state index contributed by atoms with van der Waals surface area (Å²) < 4.78 is 0. The quantitative estimate of drug-likeness (QED) is 0.655. The van der Waals surface area contributed by atoms with Crippen LogP contribution in [0.4, 0.5) is 11.4 Å². The molecule has 0 amide bonds. The molecule has 2 rings (SSSR count). The Hall–Kier alpha value is -1.58. The highest BCUT2D eigenvalue weighted by Gasteiger charge is 2.31. The van der Waals surface area contributed by atoms with Crippen molar-refractivity contribution in [1.29, 1.82) is 0 Å². The molecular weight excluding hydrogens is 240 g/mol. The summed E-state index contributed by atoms with van der Waals surface area (Å²) in [5, 5.41) is 14.3. The standard InChI is InChI=1S/C15H22N2O2/c1-4-12-5-7-15(11(12)3)16-14-8-6-13(17(18)19)9-10(14)2/h6,8-9,11-12,15-16H,4-5,7H2,1-3H3. The molecule has 104 valence electrons. The monoisotopic (exact) mass is 262 g/mol.